The van der Waals surface area contributed by atoms with E-state index in [-0.39, 0.29) is 5.92 Å². The molecule has 0 radical (unpaired) electrons. The Morgan fingerprint density at radius 2 is 1.90 bits per heavy atom. The molecule has 0 aliphatic carbocycles. The Hall–Kier alpha value is -1.39. The van der Waals surface area contributed by atoms with Crippen LogP contribution < -0.4 is 0 Å². The van der Waals surface area contributed by atoms with Gasteiger partial charge in [-0.15, -0.1) is 0 Å². The molecule has 1 aliphatic heterocycles. The Balaban J connectivity index is 2.26. The van der Waals surface area contributed by atoms with Crippen LogP contribution >= 0.6 is 0 Å². The van der Waals surface area contributed by atoms with Gasteiger partial charge in [0.25, 0.3) is 0 Å². The third-order valence-electron chi connectivity index (χ3n) is 3.50. The number of aryl methyl sites for hydroxylation is 1. The van der Waals surface area contributed by atoms with Crippen molar-refractivity contribution in [3.63, 3.8) is 0 Å². The molecule has 1 fully saturated rings. The molecule has 0 bridgehead atoms. The molecule has 0 spiro atoms. The highest BCUT2D eigenvalue weighted by Crippen LogP contribution is 2.28. The summed E-state index contributed by atoms with van der Waals surface area (Å²) < 4.78 is 26.7. The molecular formula is C16H21NO2S. The average molecular weight is 291 g/mol. The topological polar surface area (TPSA) is 37.4 Å². The summed E-state index contributed by atoms with van der Waals surface area (Å²) in [5.74, 6) is 0.125. The minimum absolute atomic E-state index is 0.125. The molecule has 1 saturated heterocycles. The molecule has 4 heteroatoms. The van der Waals surface area contributed by atoms with E-state index >= 15 is 0 Å². The van der Waals surface area contributed by atoms with Crippen molar-refractivity contribution in [2.45, 2.75) is 25.7 Å². The van der Waals surface area contributed by atoms with Crippen LogP contribution in [-0.2, 0) is 10.0 Å². The van der Waals surface area contributed by atoms with Gasteiger partial charge in [-0.25, -0.2) is 8.42 Å². The molecule has 1 atom stereocenters. The lowest BCUT2D eigenvalue weighted by molar-refractivity contribution is 0.471. The monoisotopic (exact) mass is 291 g/mol. The predicted molar refractivity (Wildman–Crippen MR) is 82.0 cm³/mol. The van der Waals surface area contributed by atoms with E-state index in [9.17, 15) is 8.42 Å². The van der Waals surface area contributed by atoms with Crippen molar-refractivity contribution in [2.24, 2.45) is 5.92 Å². The zero-order valence-corrected chi connectivity index (χ0v) is 13.1. The molecule has 1 unspecified atom stereocenters. The van der Waals surface area contributed by atoms with Crippen molar-refractivity contribution in [3.05, 3.63) is 53.6 Å². The van der Waals surface area contributed by atoms with Crippen LogP contribution in [0, 0.1) is 12.8 Å². The highest BCUT2D eigenvalue weighted by Gasteiger charge is 2.33. The second-order valence-corrected chi connectivity index (χ2v) is 7.56. The Kier molecular flexibility index (Phi) is 4.16. The predicted octanol–water partition coefficient (Wildman–Crippen LogP) is 3.14. The second-order valence-electron chi connectivity index (χ2n) is 5.62. The second kappa shape index (κ2) is 5.54. The number of benzene rings is 1. The van der Waals surface area contributed by atoms with Crippen LogP contribution in [0.5, 0.6) is 0 Å². The molecule has 0 N–H and O–H groups in total. The summed E-state index contributed by atoms with van der Waals surface area (Å²) in [7, 11) is -3.41. The highest BCUT2D eigenvalue weighted by molar-refractivity contribution is 7.89. The number of hydrogen-bond donors (Lipinski definition) is 0. The first-order chi connectivity index (χ1) is 9.30. The molecule has 20 heavy (non-hydrogen) atoms. The van der Waals surface area contributed by atoms with Crippen LogP contribution in [0.1, 0.15) is 19.4 Å². The lowest BCUT2D eigenvalue weighted by Gasteiger charge is -2.15. The summed E-state index contributed by atoms with van der Waals surface area (Å²) in [5.41, 5.74) is 3.20. The van der Waals surface area contributed by atoms with Crippen LogP contribution in [-0.4, -0.2) is 25.8 Å². The van der Waals surface area contributed by atoms with Gasteiger partial charge in [-0.1, -0.05) is 41.5 Å². The van der Waals surface area contributed by atoms with Gasteiger partial charge >= 0.3 is 0 Å². The maximum atomic E-state index is 12.6. The van der Waals surface area contributed by atoms with Gasteiger partial charge < -0.3 is 0 Å². The molecule has 1 aliphatic rings. The third-order valence-corrected chi connectivity index (χ3v) is 5.32. The van der Waals surface area contributed by atoms with Gasteiger partial charge in [0.1, 0.15) is 0 Å². The van der Waals surface area contributed by atoms with Gasteiger partial charge in [-0.2, -0.15) is 4.31 Å². The molecule has 0 aromatic heterocycles. The quantitative estimate of drug-likeness (QED) is 0.802. The minimum atomic E-state index is -3.41. The van der Waals surface area contributed by atoms with Gasteiger partial charge in [0.15, 0.2) is 0 Å². The number of nitrogens with zero attached hydrogens (tertiary/aromatic N) is 1. The number of sulfonamides is 1. The Labute approximate surface area is 121 Å². The van der Waals surface area contributed by atoms with Crippen LogP contribution in [0.3, 0.4) is 0 Å². The van der Waals surface area contributed by atoms with E-state index in [1.165, 1.54) is 9.88 Å². The van der Waals surface area contributed by atoms with Crippen molar-refractivity contribution < 1.29 is 8.42 Å². The van der Waals surface area contributed by atoms with Crippen LogP contribution in [0.15, 0.2) is 53.0 Å². The summed E-state index contributed by atoms with van der Waals surface area (Å²) in [6.07, 6.45) is 2.09. The van der Waals surface area contributed by atoms with E-state index in [0.29, 0.717) is 18.0 Å². The molecule has 2 rings (SSSR count). The average Bonchev–Trinajstić information content (AvgIpc) is 2.71. The molecule has 0 amide bonds. The van der Waals surface area contributed by atoms with Crippen molar-refractivity contribution >= 4 is 10.0 Å². The maximum Gasteiger partial charge on any atom is 0.243 e. The molecule has 1 aromatic carbocycles. The fourth-order valence-corrected chi connectivity index (χ4v) is 3.84. The van der Waals surface area contributed by atoms with E-state index in [1.807, 2.05) is 32.9 Å². The van der Waals surface area contributed by atoms with Gasteiger partial charge in [0, 0.05) is 19.0 Å². The Morgan fingerprint density at radius 3 is 2.45 bits per heavy atom. The van der Waals surface area contributed by atoms with Gasteiger partial charge in [-0.3, -0.25) is 0 Å². The molecule has 108 valence electrons. The summed E-state index contributed by atoms with van der Waals surface area (Å²) in [6, 6.07) is 6.99. The lowest BCUT2D eigenvalue weighted by atomic mass is 10.0. The van der Waals surface area contributed by atoms with E-state index in [4.69, 9.17) is 0 Å². The van der Waals surface area contributed by atoms with Crippen molar-refractivity contribution in [1.29, 1.82) is 0 Å². The first-order valence-corrected chi connectivity index (χ1v) is 8.14. The van der Waals surface area contributed by atoms with Crippen molar-refractivity contribution in [1.82, 2.24) is 4.31 Å². The van der Waals surface area contributed by atoms with Gasteiger partial charge in [0.05, 0.1) is 4.90 Å². The first-order valence-electron chi connectivity index (χ1n) is 6.70. The Bertz CT molecular complexity index is 638. The zero-order valence-electron chi connectivity index (χ0n) is 12.3. The third kappa shape index (κ3) is 3.02. The molecule has 1 aromatic rings. The largest absolute Gasteiger partial charge is 0.243 e. The molecular weight excluding hydrogens is 270 g/mol. The summed E-state index contributed by atoms with van der Waals surface area (Å²) in [4.78, 5) is 0.355. The standard InChI is InChI=1S/C16H21NO2S/c1-12(2)9-15-11-17(10-14(15)4)20(18,19)16-7-5-13(3)6-8-16/h5-9,15H,4,10-11H2,1-3H3. The Morgan fingerprint density at radius 1 is 1.30 bits per heavy atom. The van der Waals surface area contributed by atoms with E-state index in [0.717, 1.165) is 11.1 Å². The van der Waals surface area contributed by atoms with E-state index < -0.39 is 10.0 Å². The number of allylic oxidation sites excluding steroid dienone is 1. The molecule has 0 saturated carbocycles. The van der Waals surface area contributed by atoms with Crippen LogP contribution in [0.4, 0.5) is 0 Å². The SMILES string of the molecule is C=C1CN(S(=O)(=O)c2ccc(C)cc2)CC1C=C(C)C. The smallest absolute Gasteiger partial charge is 0.207 e. The van der Waals surface area contributed by atoms with Crippen molar-refractivity contribution in [3.8, 4) is 0 Å². The molecule has 1 heterocycles. The normalized spacial score (nSPS) is 20.1. The van der Waals surface area contributed by atoms with Gasteiger partial charge in [-0.05, 0) is 32.9 Å². The number of rotatable bonds is 3. The summed E-state index contributed by atoms with van der Waals surface area (Å²) in [6.45, 7) is 10.9. The van der Waals surface area contributed by atoms with E-state index in [2.05, 4.69) is 12.7 Å². The highest BCUT2D eigenvalue weighted by atomic mass is 32.2. The van der Waals surface area contributed by atoms with Crippen LogP contribution in [0.25, 0.3) is 0 Å². The summed E-state index contributed by atoms with van der Waals surface area (Å²) in [5, 5.41) is 0. The first kappa shape index (κ1) is 15.0. The fraction of sp³-hybridized carbons (Fsp3) is 0.375. The van der Waals surface area contributed by atoms with Crippen molar-refractivity contribution in [2.75, 3.05) is 13.1 Å². The zero-order chi connectivity index (χ0) is 14.9. The van der Waals surface area contributed by atoms with E-state index in [1.54, 1.807) is 12.1 Å². The number of hydrogen-bond acceptors (Lipinski definition) is 2. The maximum absolute atomic E-state index is 12.6. The lowest BCUT2D eigenvalue weighted by Crippen LogP contribution is -2.28. The minimum Gasteiger partial charge on any atom is -0.207 e. The van der Waals surface area contributed by atoms with Crippen LogP contribution in [0.2, 0.25) is 0 Å². The van der Waals surface area contributed by atoms with Gasteiger partial charge in [0.2, 0.25) is 10.0 Å². The molecule has 3 nitrogen and oxygen atoms in total. The fourth-order valence-electron chi connectivity index (χ4n) is 2.37. The summed E-state index contributed by atoms with van der Waals surface area (Å²) >= 11 is 0.